The number of carbonyl (C=O) groups excluding carboxylic acids is 1. The van der Waals surface area contributed by atoms with Gasteiger partial charge in [0.1, 0.15) is 5.60 Å². The van der Waals surface area contributed by atoms with Crippen LogP contribution in [0.3, 0.4) is 0 Å². The van der Waals surface area contributed by atoms with E-state index in [1.54, 1.807) is 84.9 Å². The first-order chi connectivity index (χ1) is 14.8. The highest BCUT2D eigenvalue weighted by Gasteiger charge is 2.97. The number of ether oxygens (including phenoxy) is 2. The van der Waals surface area contributed by atoms with E-state index in [1.807, 2.05) is 0 Å². The van der Waals surface area contributed by atoms with Gasteiger partial charge in [0.05, 0.1) is 0 Å². The van der Waals surface area contributed by atoms with Gasteiger partial charge in [0.2, 0.25) is 5.67 Å². The van der Waals surface area contributed by atoms with Crippen molar-refractivity contribution in [2.24, 2.45) is 0 Å². The van der Waals surface area contributed by atoms with Crippen LogP contribution >= 0.6 is 0 Å². The molecule has 0 radical (unpaired) electrons. The molecule has 31 heavy (non-hydrogen) atoms. The van der Waals surface area contributed by atoms with E-state index in [-0.39, 0.29) is 0 Å². The molecule has 2 bridgehead atoms. The second-order valence-electron chi connectivity index (χ2n) is 8.96. The molecule has 0 saturated carbocycles. The second kappa shape index (κ2) is 5.40. The van der Waals surface area contributed by atoms with Crippen LogP contribution < -0.4 is 0 Å². The molecule has 0 aromatic heterocycles. The van der Waals surface area contributed by atoms with Crippen molar-refractivity contribution in [1.82, 2.24) is 0 Å². The van der Waals surface area contributed by atoms with Gasteiger partial charge >= 0.3 is 5.97 Å². The zero-order valence-electron chi connectivity index (χ0n) is 17.1. The molecule has 0 unspecified atom stereocenters. The van der Waals surface area contributed by atoms with Crippen molar-refractivity contribution in [3.05, 3.63) is 107 Å². The third kappa shape index (κ3) is 1.65. The van der Waals surface area contributed by atoms with E-state index in [0.717, 1.165) is 0 Å². The molecule has 6 rings (SSSR count). The quantitative estimate of drug-likeness (QED) is 0.552. The van der Waals surface area contributed by atoms with Gasteiger partial charge in [-0.25, -0.2) is 13.6 Å². The van der Waals surface area contributed by atoms with E-state index in [0.29, 0.717) is 22.3 Å². The lowest BCUT2D eigenvalue weighted by Crippen LogP contribution is -2.68. The van der Waals surface area contributed by atoms with Crippen molar-refractivity contribution >= 4 is 5.97 Å². The summed E-state index contributed by atoms with van der Waals surface area (Å²) >= 11 is 0. The van der Waals surface area contributed by atoms with E-state index in [9.17, 15) is 4.79 Å². The molecule has 3 aromatic carbocycles. The van der Waals surface area contributed by atoms with E-state index >= 15 is 8.78 Å². The fraction of sp³-hybridized carbons (Fsp3) is 0.269. The van der Waals surface area contributed by atoms with Gasteiger partial charge in [0.15, 0.2) is 11.2 Å². The lowest BCUT2D eigenvalue weighted by Gasteiger charge is -2.46. The molecule has 0 spiro atoms. The van der Waals surface area contributed by atoms with E-state index in [2.05, 4.69) is 0 Å². The third-order valence-electron chi connectivity index (χ3n) is 7.26. The Hall–Kier alpha value is -3.05. The Labute approximate surface area is 178 Å². The molecular formula is C26H20F2O3. The van der Waals surface area contributed by atoms with Crippen LogP contribution in [0.1, 0.15) is 36.1 Å². The molecule has 0 N–H and O–H groups in total. The first-order valence-corrected chi connectivity index (χ1v) is 10.3. The number of alkyl halides is 2. The minimum atomic E-state index is -3.09. The summed E-state index contributed by atoms with van der Waals surface area (Å²) in [5, 5.41) is 0. The summed E-state index contributed by atoms with van der Waals surface area (Å²) in [7, 11) is 0. The van der Waals surface area contributed by atoms with Crippen molar-refractivity contribution in [1.29, 1.82) is 0 Å². The van der Waals surface area contributed by atoms with E-state index in [4.69, 9.17) is 9.47 Å². The zero-order chi connectivity index (χ0) is 21.7. The number of carbonyl (C=O) groups is 1. The van der Waals surface area contributed by atoms with Gasteiger partial charge in [-0.1, -0.05) is 84.9 Å². The maximum Gasteiger partial charge on any atom is 0.352 e. The standard InChI is InChI=1S/C26H20F2O3/c1-22(2)26(28)24(18-13-7-4-8-14-18)20-16-10-9-15-19(20)23(31-24,17-11-5-3-6-12-17)25(26,27)21(29)30-22/h3-16H,1-2H3/t23-,24+,25+,26-/m0/s1. The van der Waals surface area contributed by atoms with Crippen molar-refractivity contribution in [2.75, 3.05) is 0 Å². The maximum absolute atomic E-state index is 17.7. The van der Waals surface area contributed by atoms with Crippen LogP contribution in [0.4, 0.5) is 8.78 Å². The molecule has 5 heteroatoms. The molecule has 4 atom stereocenters. The molecule has 3 aliphatic heterocycles. The van der Waals surface area contributed by atoms with E-state index < -0.39 is 34.1 Å². The van der Waals surface area contributed by atoms with Gasteiger partial charge in [-0.15, -0.1) is 0 Å². The van der Waals surface area contributed by atoms with Crippen molar-refractivity contribution in [3.63, 3.8) is 0 Å². The van der Waals surface area contributed by atoms with Crippen LogP contribution in [0.2, 0.25) is 0 Å². The Kier molecular flexibility index (Phi) is 3.26. The lowest BCUT2D eigenvalue weighted by atomic mass is 9.54. The molecule has 2 saturated heterocycles. The zero-order valence-corrected chi connectivity index (χ0v) is 17.1. The molecule has 3 aromatic rings. The number of rotatable bonds is 2. The van der Waals surface area contributed by atoms with Crippen LogP contribution in [-0.2, 0) is 25.5 Å². The summed E-state index contributed by atoms with van der Waals surface area (Å²) in [5.74, 6) is -1.24. The van der Waals surface area contributed by atoms with Gasteiger partial charge in [-0.3, -0.25) is 0 Å². The fourth-order valence-corrected chi connectivity index (χ4v) is 6.10. The summed E-state index contributed by atoms with van der Waals surface area (Å²) in [6.07, 6.45) is 0. The van der Waals surface area contributed by atoms with Gasteiger partial charge < -0.3 is 9.47 Å². The molecule has 156 valence electrons. The van der Waals surface area contributed by atoms with Crippen molar-refractivity contribution in [2.45, 2.75) is 42.0 Å². The summed E-state index contributed by atoms with van der Waals surface area (Å²) in [4.78, 5) is 13.2. The number of esters is 1. The van der Waals surface area contributed by atoms with Crippen LogP contribution in [-0.4, -0.2) is 22.9 Å². The number of hydrogen-bond acceptors (Lipinski definition) is 3. The smallest absolute Gasteiger partial charge is 0.352 e. The second-order valence-corrected chi connectivity index (χ2v) is 8.96. The third-order valence-corrected chi connectivity index (χ3v) is 7.26. The predicted octanol–water partition coefficient (Wildman–Crippen LogP) is 4.97. The lowest BCUT2D eigenvalue weighted by molar-refractivity contribution is -0.175. The first kappa shape index (κ1) is 18.7. The Morgan fingerprint density at radius 1 is 0.677 bits per heavy atom. The predicted molar refractivity (Wildman–Crippen MR) is 110 cm³/mol. The van der Waals surface area contributed by atoms with E-state index in [1.165, 1.54) is 13.8 Å². The summed E-state index contributed by atoms with van der Waals surface area (Å²) in [6.45, 7) is 2.84. The Balaban J connectivity index is 1.85. The molecule has 3 nitrogen and oxygen atoms in total. The van der Waals surface area contributed by atoms with Crippen LogP contribution in [0, 0.1) is 0 Å². The van der Waals surface area contributed by atoms with Crippen LogP contribution in [0.25, 0.3) is 0 Å². The number of halogens is 2. The van der Waals surface area contributed by atoms with Crippen LogP contribution in [0.15, 0.2) is 84.9 Å². The topological polar surface area (TPSA) is 35.5 Å². The molecule has 0 aliphatic carbocycles. The highest BCUT2D eigenvalue weighted by atomic mass is 19.2. The summed E-state index contributed by atoms with van der Waals surface area (Å²) in [5.41, 5.74) is -9.79. The summed E-state index contributed by atoms with van der Waals surface area (Å²) in [6, 6.07) is 24.3. The maximum atomic E-state index is 17.7. The fourth-order valence-electron chi connectivity index (χ4n) is 6.10. The molecule has 3 aliphatic rings. The first-order valence-electron chi connectivity index (χ1n) is 10.3. The summed E-state index contributed by atoms with van der Waals surface area (Å²) < 4.78 is 47.2. The minimum Gasteiger partial charge on any atom is -0.453 e. The Bertz CT molecular complexity index is 1230. The van der Waals surface area contributed by atoms with Crippen molar-refractivity contribution < 1.29 is 23.0 Å². The van der Waals surface area contributed by atoms with Gasteiger partial charge in [-0.2, -0.15) is 0 Å². The molecule has 3 heterocycles. The SMILES string of the molecule is CC1(C)OC(=O)[C@@]2(F)[C@@]3(c4ccccc4)O[C@](c4ccccc4)(c4ccccc43)[C@@]12F. The number of cyclic esters (lactones) is 1. The molecular weight excluding hydrogens is 398 g/mol. The van der Waals surface area contributed by atoms with Gasteiger partial charge in [0.25, 0.3) is 5.67 Å². The van der Waals surface area contributed by atoms with Crippen LogP contribution in [0.5, 0.6) is 0 Å². The Morgan fingerprint density at radius 3 is 1.68 bits per heavy atom. The minimum absolute atomic E-state index is 0.372. The number of benzene rings is 3. The number of fused-ring (bicyclic) bond motifs is 8. The highest BCUT2D eigenvalue weighted by molar-refractivity contribution is 5.92. The molecule has 2 fully saturated rings. The average Bonchev–Trinajstić information content (AvgIpc) is 3.27. The van der Waals surface area contributed by atoms with Gasteiger partial charge in [-0.05, 0) is 36.1 Å². The number of hydrogen-bond donors (Lipinski definition) is 0. The highest BCUT2D eigenvalue weighted by Crippen LogP contribution is 2.78. The largest absolute Gasteiger partial charge is 0.453 e. The van der Waals surface area contributed by atoms with Crippen molar-refractivity contribution in [3.8, 4) is 0 Å². The average molecular weight is 418 g/mol. The Morgan fingerprint density at radius 2 is 1.13 bits per heavy atom. The van der Waals surface area contributed by atoms with Gasteiger partial charge in [0, 0.05) is 0 Å². The normalized spacial score (nSPS) is 36.7. The molecule has 0 amide bonds. The monoisotopic (exact) mass is 418 g/mol.